The molecule has 0 aliphatic carbocycles. The number of nitriles is 1. The summed E-state index contributed by atoms with van der Waals surface area (Å²) in [6, 6.07) is 11.3. The zero-order valence-corrected chi connectivity index (χ0v) is 12.1. The summed E-state index contributed by atoms with van der Waals surface area (Å²) in [5.41, 5.74) is 1.25. The summed E-state index contributed by atoms with van der Waals surface area (Å²) in [7, 11) is 0. The fraction of sp³-hybridized carbons (Fsp3) is 0.133. The summed E-state index contributed by atoms with van der Waals surface area (Å²) in [6.45, 7) is 1.88. The molecule has 5 heteroatoms. The second kappa shape index (κ2) is 6.13. The van der Waals surface area contributed by atoms with Crippen LogP contribution in [0, 0.1) is 17.1 Å². The van der Waals surface area contributed by atoms with Gasteiger partial charge in [0.15, 0.2) is 0 Å². The van der Waals surface area contributed by atoms with Crippen molar-refractivity contribution in [2.24, 2.45) is 0 Å². The highest BCUT2D eigenvalue weighted by Gasteiger charge is 2.13. The van der Waals surface area contributed by atoms with E-state index in [1.165, 1.54) is 6.07 Å². The maximum atomic E-state index is 13.5. The van der Waals surface area contributed by atoms with Crippen LogP contribution in [0.2, 0.25) is 10.0 Å². The van der Waals surface area contributed by atoms with Crippen molar-refractivity contribution in [1.82, 2.24) is 0 Å². The van der Waals surface area contributed by atoms with Crippen LogP contribution in [0.3, 0.4) is 0 Å². The summed E-state index contributed by atoms with van der Waals surface area (Å²) in [4.78, 5) is 0. The molecule has 20 heavy (non-hydrogen) atoms. The first-order chi connectivity index (χ1) is 9.52. The van der Waals surface area contributed by atoms with Crippen molar-refractivity contribution in [3.05, 3.63) is 63.4 Å². The normalized spacial score (nSPS) is 11.8. The van der Waals surface area contributed by atoms with Crippen LogP contribution in [0.4, 0.5) is 10.1 Å². The third kappa shape index (κ3) is 3.04. The summed E-state index contributed by atoms with van der Waals surface area (Å²) >= 11 is 12.0. The molecule has 0 radical (unpaired) electrons. The van der Waals surface area contributed by atoms with Crippen molar-refractivity contribution < 1.29 is 4.39 Å². The van der Waals surface area contributed by atoms with Crippen molar-refractivity contribution in [3.63, 3.8) is 0 Å². The summed E-state index contributed by atoms with van der Waals surface area (Å²) in [6.07, 6.45) is 0. The molecule has 0 bridgehead atoms. The molecule has 0 fully saturated rings. The Labute approximate surface area is 126 Å². The Morgan fingerprint density at radius 2 is 2.00 bits per heavy atom. The molecule has 0 aliphatic heterocycles. The van der Waals surface area contributed by atoms with E-state index < -0.39 is 5.82 Å². The zero-order valence-electron chi connectivity index (χ0n) is 10.6. The van der Waals surface area contributed by atoms with Gasteiger partial charge in [-0.15, -0.1) is 0 Å². The number of nitrogens with one attached hydrogen (secondary N) is 1. The lowest BCUT2D eigenvalue weighted by Gasteiger charge is -2.18. The Hall–Kier alpha value is -1.76. The first-order valence-corrected chi connectivity index (χ1v) is 6.68. The minimum atomic E-state index is -0.549. The van der Waals surface area contributed by atoms with E-state index in [-0.39, 0.29) is 11.6 Å². The van der Waals surface area contributed by atoms with Crippen LogP contribution in [-0.4, -0.2) is 0 Å². The Kier molecular flexibility index (Phi) is 4.49. The quantitative estimate of drug-likeness (QED) is 0.848. The van der Waals surface area contributed by atoms with Gasteiger partial charge in [0, 0.05) is 10.0 Å². The van der Waals surface area contributed by atoms with Gasteiger partial charge in [-0.2, -0.15) is 5.26 Å². The lowest BCUT2D eigenvalue weighted by Crippen LogP contribution is -2.09. The van der Waals surface area contributed by atoms with E-state index in [1.54, 1.807) is 30.3 Å². The molecule has 0 heterocycles. The van der Waals surface area contributed by atoms with E-state index in [4.69, 9.17) is 28.5 Å². The molecule has 1 unspecified atom stereocenters. The van der Waals surface area contributed by atoms with E-state index in [0.29, 0.717) is 15.7 Å². The number of rotatable bonds is 3. The topological polar surface area (TPSA) is 35.8 Å². The Balaban J connectivity index is 2.31. The highest BCUT2D eigenvalue weighted by Crippen LogP contribution is 2.29. The number of nitrogens with zero attached hydrogens (tertiary/aromatic N) is 1. The first kappa shape index (κ1) is 14.6. The van der Waals surface area contributed by atoms with Gasteiger partial charge in [-0.25, -0.2) is 4.39 Å². The molecule has 2 rings (SSSR count). The van der Waals surface area contributed by atoms with Crippen LogP contribution in [0.5, 0.6) is 0 Å². The lowest BCUT2D eigenvalue weighted by molar-refractivity contribution is 0.624. The van der Waals surface area contributed by atoms with Gasteiger partial charge in [0.2, 0.25) is 0 Å². The molecule has 0 aliphatic rings. The molecule has 1 atom stereocenters. The molecule has 0 spiro atoms. The number of anilines is 1. The molecule has 0 aromatic heterocycles. The monoisotopic (exact) mass is 308 g/mol. The van der Waals surface area contributed by atoms with Gasteiger partial charge in [-0.05, 0) is 36.8 Å². The summed E-state index contributed by atoms with van der Waals surface area (Å²) in [5, 5.41) is 13.2. The van der Waals surface area contributed by atoms with Crippen LogP contribution in [0.1, 0.15) is 24.1 Å². The number of hydrogen-bond acceptors (Lipinski definition) is 2. The zero-order chi connectivity index (χ0) is 14.7. The number of halogens is 3. The second-order valence-electron chi connectivity index (χ2n) is 4.31. The van der Waals surface area contributed by atoms with Gasteiger partial charge in [0.1, 0.15) is 17.4 Å². The maximum absolute atomic E-state index is 13.5. The minimum Gasteiger partial charge on any atom is -0.377 e. The van der Waals surface area contributed by atoms with Crippen molar-refractivity contribution >= 4 is 28.9 Å². The average molecular weight is 309 g/mol. The Bertz CT molecular complexity index is 680. The summed E-state index contributed by atoms with van der Waals surface area (Å²) < 4.78 is 13.5. The Morgan fingerprint density at radius 3 is 2.65 bits per heavy atom. The van der Waals surface area contributed by atoms with E-state index in [0.717, 1.165) is 5.56 Å². The lowest BCUT2D eigenvalue weighted by atomic mass is 10.1. The van der Waals surface area contributed by atoms with Gasteiger partial charge in [0.05, 0.1) is 11.7 Å². The van der Waals surface area contributed by atoms with Crippen molar-refractivity contribution in [3.8, 4) is 6.07 Å². The number of benzene rings is 2. The first-order valence-electron chi connectivity index (χ1n) is 5.93. The van der Waals surface area contributed by atoms with Crippen LogP contribution in [0.25, 0.3) is 0 Å². The predicted molar refractivity (Wildman–Crippen MR) is 79.6 cm³/mol. The smallest absolute Gasteiger partial charge is 0.143 e. The molecular formula is C15H11Cl2FN2. The molecule has 0 saturated carbocycles. The van der Waals surface area contributed by atoms with Crippen LogP contribution in [0.15, 0.2) is 36.4 Å². The van der Waals surface area contributed by atoms with Gasteiger partial charge in [-0.3, -0.25) is 0 Å². The molecule has 0 amide bonds. The average Bonchev–Trinajstić information content (AvgIpc) is 2.38. The van der Waals surface area contributed by atoms with Gasteiger partial charge in [0.25, 0.3) is 0 Å². The number of hydrogen-bond donors (Lipinski definition) is 1. The highest BCUT2D eigenvalue weighted by molar-refractivity contribution is 6.35. The Morgan fingerprint density at radius 1 is 1.25 bits per heavy atom. The molecule has 1 N–H and O–H groups in total. The summed E-state index contributed by atoms with van der Waals surface area (Å²) in [5.74, 6) is -0.549. The largest absolute Gasteiger partial charge is 0.377 e. The van der Waals surface area contributed by atoms with Crippen molar-refractivity contribution in [2.45, 2.75) is 13.0 Å². The van der Waals surface area contributed by atoms with Crippen LogP contribution < -0.4 is 5.32 Å². The van der Waals surface area contributed by atoms with E-state index in [2.05, 4.69) is 5.32 Å². The minimum absolute atomic E-state index is 0.00978. The SMILES string of the molecule is CC(Nc1cccc(F)c1C#N)c1ccc(Cl)cc1Cl. The molecule has 2 nitrogen and oxygen atoms in total. The molecule has 2 aromatic carbocycles. The second-order valence-corrected chi connectivity index (χ2v) is 5.15. The molecular weight excluding hydrogens is 298 g/mol. The standard InChI is InChI=1S/C15H11Cl2FN2/c1-9(11-6-5-10(16)7-13(11)17)20-15-4-2-3-14(18)12(15)8-19/h2-7,9,20H,1H3. The third-order valence-electron chi connectivity index (χ3n) is 2.93. The fourth-order valence-corrected chi connectivity index (χ4v) is 2.49. The third-order valence-corrected chi connectivity index (χ3v) is 3.49. The highest BCUT2D eigenvalue weighted by atomic mass is 35.5. The van der Waals surface area contributed by atoms with Crippen LogP contribution in [-0.2, 0) is 0 Å². The van der Waals surface area contributed by atoms with Gasteiger partial charge < -0.3 is 5.32 Å². The molecule has 102 valence electrons. The van der Waals surface area contributed by atoms with E-state index in [1.807, 2.05) is 13.0 Å². The van der Waals surface area contributed by atoms with Gasteiger partial charge >= 0.3 is 0 Å². The van der Waals surface area contributed by atoms with Crippen molar-refractivity contribution in [1.29, 1.82) is 5.26 Å². The van der Waals surface area contributed by atoms with Gasteiger partial charge in [-0.1, -0.05) is 35.3 Å². The van der Waals surface area contributed by atoms with E-state index in [9.17, 15) is 4.39 Å². The molecule has 0 saturated heterocycles. The maximum Gasteiger partial charge on any atom is 0.143 e. The van der Waals surface area contributed by atoms with E-state index >= 15 is 0 Å². The van der Waals surface area contributed by atoms with Crippen LogP contribution >= 0.6 is 23.2 Å². The molecule has 2 aromatic rings. The van der Waals surface area contributed by atoms with Crippen molar-refractivity contribution in [2.75, 3.05) is 5.32 Å². The fourth-order valence-electron chi connectivity index (χ4n) is 1.92. The predicted octanol–water partition coefficient (Wildman–Crippen LogP) is 5.18.